The van der Waals surface area contributed by atoms with E-state index < -0.39 is 5.97 Å². The van der Waals surface area contributed by atoms with Gasteiger partial charge in [-0.05, 0) is 0 Å². The van der Waals surface area contributed by atoms with Crippen molar-refractivity contribution >= 4 is 11.8 Å². The van der Waals surface area contributed by atoms with Crippen molar-refractivity contribution in [2.75, 3.05) is 19.0 Å². The van der Waals surface area contributed by atoms with Crippen molar-refractivity contribution in [2.45, 2.75) is 6.42 Å². The lowest BCUT2D eigenvalue weighted by Gasteiger charge is -2.04. The Morgan fingerprint density at radius 2 is 2.39 bits per heavy atom. The van der Waals surface area contributed by atoms with E-state index in [-0.39, 0.29) is 5.69 Å². The maximum Gasteiger partial charge on any atom is 0.358 e. The number of rotatable bonds is 5. The largest absolute Gasteiger partial charge is 0.464 e. The van der Waals surface area contributed by atoms with Gasteiger partial charge in [-0.3, -0.25) is 4.98 Å². The van der Waals surface area contributed by atoms with Gasteiger partial charge in [0.15, 0.2) is 11.5 Å². The summed E-state index contributed by atoms with van der Waals surface area (Å²) in [5.74, 6) is 0.560. The lowest BCUT2D eigenvalue weighted by atomic mass is 10.4. The first-order chi connectivity index (χ1) is 8.79. The number of nitrogens with zero attached hydrogens (tertiary/aromatic N) is 4. The summed E-state index contributed by atoms with van der Waals surface area (Å²) in [6, 6.07) is 0. The van der Waals surface area contributed by atoms with Gasteiger partial charge in [0.2, 0.25) is 6.39 Å². The average molecular weight is 249 g/mol. The molecule has 0 spiro atoms. The van der Waals surface area contributed by atoms with Gasteiger partial charge in [0.25, 0.3) is 0 Å². The molecule has 8 nitrogen and oxygen atoms in total. The molecule has 0 aliphatic rings. The van der Waals surface area contributed by atoms with Gasteiger partial charge in [0.1, 0.15) is 5.82 Å². The quantitative estimate of drug-likeness (QED) is 0.754. The summed E-state index contributed by atoms with van der Waals surface area (Å²) in [5, 5.41) is 6.67. The predicted molar refractivity (Wildman–Crippen MR) is 59.9 cm³/mol. The number of aromatic nitrogens is 4. The topological polar surface area (TPSA) is 103 Å². The molecule has 0 aliphatic carbocycles. The van der Waals surface area contributed by atoms with Crippen LogP contribution in [0.15, 0.2) is 23.3 Å². The molecule has 94 valence electrons. The van der Waals surface area contributed by atoms with Gasteiger partial charge < -0.3 is 14.6 Å². The second-order valence-corrected chi connectivity index (χ2v) is 3.31. The summed E-state index contributed by atoms with van der Waals surface area (Å²) in [5.41, 5.74) is 0.155. The van der Waals surface area contributed by atoms with Crippen LogP contribution < -0.4 is 5.32 Å². The van der Waals surface area contributed by atoms with Gasteiger partial charge in [-0.1, -0.05) is 5.16 Å². The van der Waals surface area contributed by atoms with E-state index in [9.17, 15) is 4.79 Å². The Labute approximate surface area is 102 Å². The van der Waals surface area contributed by atoms with Crippen molar-refractivity contribution in [3.63, 3.8) is 0 Å². The van der Waals surface area contributed by atoms with Crippen LogP contribution in [-0.2, 0) is 11.2 Å². The molecule has 2 aromatic rings. The SMILES string of the molecule is COC(=O)c1cncc(NCCc2ncon2)n1. The third-order valence-electron chi connectivity index (χ3n) is 2.09. The van der Waals surface area contributed by atoms with E-state index in [4.69, 9.17) is 0 Å². The Morgan fingerprint density at radius 1 is 1.50 bits per heavy atom. The summed E-state index contributed by atoms with van der Waals surface area (Å²) in [6.45, 7) is 0.554. The molecule has 0 aromatic carbocycles. The highest BCUT2D eigenvalue weighted by atomic mass is 16.5. The molecule has 0 atom stereocenters. The van der Waals surface area contributed by atoms with Gasteiger partial charge >= 0.3 is 5.97 Å². The number of nitrogens with one attached hydrogen (secondary N) is 1. The van der Waals surface area contributed by atoms with Crippen molar-refractivity contribution in [3.05, 3.63) is 30.3 Å². The van der Waals surface area contributed by atoms with E-state index in [2.05, 4.69) is 34.7 Å². The first-order valence-electron chi connectivity index (χ1n) is 5.19. The number of ether oxygens (including phenoxy) is 1. The summed E-state index contributed by atoms with van der Waals surface area (Å²) in [4.78, 5) is 23.1. The number of esters is 1. The fourth-order valence-corrected chi connectivity index (χ4v) is 1.26. The minimum Gasteiger partial charge on any atom is -0.464 e. The fourth-order valence-electron chi connectivity index (χ4n) is 1.26. The smallest absolute Gasteiger partial charge is 0.358 e. The molecular weight excluding hydrogens is 238 g/mol. The van der Waals surface area contributed by atoms with Crippen LogP contribution in [0.5, 0.6) is 0 Å². The number of hydrogen-bond donors (Lipinski definition) is 1. The van der Waals surface area contributed by atoms with Gasteiger partial charge in [-0.25, -0.2) is 9.78 Å². The summed E-state index contributed by atoms with van der Waals surface area (Å²) in [7, 11) is 1.29. The third kappa shape index (κ3) is 3.00. The van der Waals surface area contributed by atoms with E-state index in [1.807, 2.05) is 0 Å². The lowest BCUT2D eigenvalue weighted by molar-refractivity contribution is 0.0593. The molecule has 18 heavy (non-hydrogen) atoms. The summed E-state index contributed by atoms with van der Waals surface area (Å²) < 4.78 is 9.16. The van der Waals surface area contributed by atoms with Crippen molar-refractivity contribution in [1.29, 1.82) is 0 Å². The standard InChI is InChI=1S/C10H11N5O3/c1-17-10(16)7-4-11-5-9(14-7)12-3-2-8-13-6-18-15-8/h4-6H,2-3H2,1H3,(H,12,14). The summed E-state index contributed by atoms with van der Waals surface area (Å²) in [6.07, 6.45) is 4.71. The van der Waals surface area contributed by atoms with Gasteiger partial charge in [0.05, 0.1) is 19.5 Å². The third-order valence-corrected chi connectivity index (χ3v) is 2.09. The molecule has 0 radical (unpaired) electrons. The number of carbonyl (C=O) groups excluding carboxylic acids is 1. The number of methoxy groups -OCH3 is 1. The van der Waals surface area contributed by atoms with E-state index in [0.29, 0.717) is 24.6 Å². The zero-order chi connectivity index (χ0) is 12.8. The second-order valence-electron chi connectivity index (χ2n) is 3.31. The molecular formula is C10H11N5O3. The van der Waals surface area contributed by atoms with Crippen LogP contribution in [0.25, 0.3) is 0 Å². The van der Waals surface area contributed by atoms with E-state index >= 15 is 0 Å². The molecule has 2 heterocycles. The lowest BCUT2D eigenvalue weighted by Crippen LogP contribution is -2.11. The first-order valence-corrected chi connectivity index (χ1v) is 5.19. The maximum absolute atomic E-state index is 11.2. The Hall–Kier alpha value is -2.51. The summed E-state index contributed by atoms with van der Waals surface area (Å²) >= 11 is 0. The Morgan fingerprint density at radius 3 is 3.11 bits per heavy atom. The predicted octanol–water partition coefficient (Wildman–Crippen LogP) is 0.301. The number of anilines is 1. The van der Waals surface area contributed by atoms with Crippen molar-refractivity contribution in [1.82, 2.24) is 20.1 Å². The van der Waals surface area contributed by atoms with E-state index in [0.717, 1.165) is 0 Å². The molecule has 1 N–H and O–H groups in total. The van der Waals surface area contributed by atoms with Crippen LogP contribution in [0.4, 0.5) is 5.82 Å². The second kappa shape index (κ2) is 5.71. The van der Waals surface area contributed by atoms with Crippen LogP contribution in [0.3, 0.4) is 0 Å². The molecule has 8 heteroatoms. The minimum atomic E-state index is -0.524. The molecule has 0 unspecified atom stereocenters. The zero-order valence-electron chi connectivity index (χ0n) is 9.66. The highest BCUT2D eigenvalue weighted by Crippen LogP contribution is 2.03. The zero-order valence-corrected chi connectivity index (χ0v) is 9.66. The monoisotopic (exact) mass is 249 g/mol. The molecule has 0 amide bonds. The van der Waals surface area contributed by atoms with Crippen LogP contribution in [-0.4, -0.2) is 39.7 Å². The molecule has 0 fully saturated rings. The molecule has 0 saturated carbocycles. The Kier molecular flexibility index (Phi) is 3.79. The Bertz CT molecular complexity index is 514. The minimum absolute atomic E-state index is 0.155. The molecule has 0 aliphatic heterocycles. The van der Waals surface area contributed by atoms with Crippen molar-refractivity contribution in [3.8, 4) is 0 Å². The Balaban J connectivity index is 1.91. The maximum atomic E-state index is 11.2. The van der Waals surface area contributed by atoms with Crippen LogP contribution in [0.2, 0.25) is 0 Å². The van der Waals surface area contributed by atoms with Crippen molar-refractivity contribution < 1.29 is 14.1 Å². The fraction of sp³-hybridized carbons (Fsp3) is 0.300. The van der Waals surface area contributed by atoms with Gasteiger partial charge in [-0.2, -0.15) is 4.98 Å². The average Bonchev–Trinajstić information content (AvgIpc) is 2.91. The highest BCUT2D eigenvalue weighted by molar-refractivity contribution is 5.87. The van der Waals surface area contributed by atoms with Crippen LogP contribution in [0.1, 0.15) is 16.3 Å². The van der Waals surface area contributed by atoms with Crippen LogP contribution >= 0.6 is 0 Å². The first kappa shape index (κ1) is 12.0. The molecule has 2 rings (SSSR count). The van der Waals surface area contributed by atoms with E-state index in [1.54, 1.807) is 0 Å². The number of carbonyl (C=O) groups is 1. The van der Waals surface area contributed by atoms with Gasteiger partial charge in [-0.15, -0.1) is 0 Å². The molecule has 2 aromatic heterocycles. The highest BCUT2D eigenvalue weighted by Gasteiger charge is 2.08. The normalized spacial score (nSPS) is 10.1. The molecule has 0 bridgehead atoms. The van der Waals surface area contributed by atoms with Crippen LogP contribution in [0, 0.1) is 0 Å². The number of hydrogen-bond acceptors (Lipinski definition) is 8. The van der Waals surface area contributed by atoms with Crippen molar-refractivity contribution in [2.24, 2.45) is 0 Å². The van der Waals surface area contributed by atoms with Gasteiger partial charge in [0, 0.05) is 13.0 Å². The molecule has 0 saturated heterocycles. The van der Waals surface area contributed by atoms with E-state index in [1.165, 1.54) is 25.9 Å².